The maximum absolute atomic E-state index is 13.6. The molecule has 5 rings (SSSR count). The van der Waals surface area contributed by atoms with Crippen LogP contribution in [0.3, 0.4) is 0 Å². The molecule has 1 aliphatic rings. The molecule has 1 saturated heterocycles. The molecule has 1 N–H and O–H groups in total. The number of morpholine rings is 1. The smallest absolute Gasteiger partial charge is 0.254 e. The Morgan fingerprint density at radius 2 is 1.64 bits per heavy atom. The molecule has 1 aromatic heterocycles. The topological polar surface area (TPSA) is 107 Å². The van der Waals surface area contributed by atoms with Crippen LogP contribution in [-0.2, 0) is 9.53 Å². The number of ether oxygens (including phenoxy) is 4. The standard InChI is InChI=1S/C33H36ClN5O6/c1-42-27-11-6-23(7-12-27)28-21-39(26-10-13-29(43-2)30(20-26)44-3)33(35-28)36-31(40)22-38(15-14-37-16-18-45-19-17-37)32(41)24-4-8-25(34)9-5-24/h4-13,20-21H,14-19,22H2,1-3H3,(H,35,36,40). The molecule has 0 radical (unpaired) electrons. The van der Waals surface area contributed by atoms with E-state index in [9.17, 15) is 9.59 Å². The Balaban J connectivity index is 1.42. The molecule has 4 aromatic rings. The van der Waals surface area contributed by atoms with Crippen LogP contribution in [0.25, 0.3) is 16.9 Å². The van der Waals surface area contributed by atoms with Crippen molar-refractivity contribution in [3.8, 4) is 34.2 Å². The number of hydrogen-bond donors (Lipinski definition) is 1. The van der Waals surface area contributed by atoms with Gasteiger partial charge in [0.2, 0.25) is 11.9 Å². The molecular weight excluding hydrogens is 598 g/mol. The van der Waals surface area contributed by atoms with E-state index in [-0.39, 0.29) is 18.4 Å². The SMILES string of the molecule is COc1ccc(-c2cn(-c3ccc(OC)c(OC)c3)c(NC(=O)CN(CCN3CCOCC3)C(=O)c3ccc(Cl)cc3)n2)cc1. The van der Waals surface area contributed by atoms with Crippen molar-refractivity contribution in [2.75, 3.05) is 72.6 Å². The van der Waals surface area contributed by atoms with Crippen LogP contribution in [0.2, 0.25) is 5.02 Å². The van der Waals surface area contributed by atoms with E-state index in [0.717, 1.165) is 18.7 Å². The Morgan fingerprint density at radius 1 is 0.933 bits per heavy atom. The summed E-state index contributed by atoms with van der Waals surface area (Å²) in [6.45, 7) is 3.61. The number of benzene rings is 3. The van der Waals surface area contributed by atoms with E-state index in [1.165, 1.54) is 0 Å². The van der Waals surface area contributed by atoms with E-state index >= 15 is 0 Å². The second kappa shape index (κ2) is 14.9. The number of halogens is 1. The lowest BCUT2D eigenvalue weighted by Crippen LogP contribution is -2.45. The Kier molecular flexibility index (Phi) is 10.6. The number of imidazole rings is 1. The summed E-state index contributed by atoms with van der Waals surface area (Å²) in [6, 6.07) is 19.5. The number of nitrogens with zero attached hydrogens (tertiary/aromatic N) is 4. The molecule has 1 fully saturated rings. The fraction of sp³-hybridized carbons (Fsp3) is 0.303. The first-order valence-corrected chi connectivity index (χ1v) is 14.9. The molecule has 0 saturated carbocycles. The Morgan fingerprint density at radius 3 is 2.31 bits per heavy atom. The number of rotatable bonds is 12. The molecule has 12 heteroatoms. The van der Waals surface area contributed by atoms with Gasteiger partial charge in [-0.3, -0.25) is 24.4 Å². The Bertz CT molecular complexity index is 1600. The van der Waals surface area contributed by atoms with Crippen molar-refractivity contribution in [1.82, 2.24) is 19.4 Å². The third-order valence-corrected chi connectivity index (χ3v) is 7.74. The highest BCUT2D eigenvalue weighted by Gasteiger charge is 2.23. The van der Waals surface area contributed by atoms with Gasteiger partial charge in [0.1, 0.15) is 12.3 Å². The van der Waals surface area contributed by atoms with Gasteiger partial charge in [0, 0.05) is 54.6 Å². The minimum atomic E-state index is -0.395. The Labute approximate surface area is 267 Å². The van der Waals surface area contributed by atoms with Gasteiger partial charge in [-0.1, -0.05) is 11.6 Å². The summed E-state index contributed by atoms with van der Waals surface area (Å²) in [5.74, 6) is 1.43. The van der Waals surface area contributed by atoms with Gasteiger partial charge in [0.05, 0.1) is 45.9 Å². The number of methoxy groups -OCH3 is 3. The molecule has 45 heavy (non-hydrogen) atoms. The molecule has 1 aliphatic heterocycles. The van der Waals surface area contributed by atoms with Gasteiger partial charge < -0.3 is 23.8 Å². The molecule has 0 atom stereocenters. The highest BCUT2D eigenvalue weighted by molar-refractivity contribution is 6.30. The summed E-state index contributed by atoms with van der Waals surface area (Å²) >= 11 is 6.06. The van der Waals surface area contributed by atoms with Gasteiger partial charge in [-0.25, -0.2) is 4.98 Å². The van der Waals surface area contributed by atoms with Gasteiger partial charge in [-0.05, 0) is 60.7 Å². The predicted octanol–water partition coefficient (Wildman–Crippen LogP) is 4.63. The van der Waals surface area contributed by atoms with E-state index in [2.05, 4.69) is 10.2 Å². The number of aromatic nitrogens is 2. The van der Waals surface area contributed by atoms with Gasteiger partial charge >= 0.3 is 0 Å². The molecule has 2 amide bonds. The second-order valence-electron chi connectivity index (χ2n) is 10.3. The van der Waals surface area contributed by atoms with Crippen molar-refractivity contribution in [3.63, 3.8) is 0 Å². The summed E-state index contributed by atoms with van der Waals surface area (Å²) in [4.78, 5) is 35.7. The van der Waals surface area contributed by atoms with E-state index in [1.54, 1.807) is 67.2 Å². The zero-order valence-corrected chi connectivity index (χ0v) is 26.3. The van der Waals surface area contributed by atoms with Crippen LogP contribution >= 0.6 is 11.6 Å². The van der Waals surface area contributed by atoms with E-state index in [0.29, 0.717) is 65.5 Å². The average Bonchev–Trinajstić information content (AvgIpc) is 3.50. The molecule has 2 heterocycles. The fourth-order valence-corrected chi connectivity index (χ4v) is 5.12. The van der Waals surface area contributed by atoms with Crippen LogP contribution in [0, 0.1) is 0 Å². The number of carbonyl (C=O) groups excluding carboxylic acids is 2. The lowest BCUT2D eigenvalue weighted by molar-refractivity contribution is -0.117. The summed E-state index contributed by atoms with van der Waals surface area (Å²) in [6.07, 6.45) is 1.83. The third kappa shape index (κ3) is 7.93. The number of carbonyl (C=O) groups is 2. The van der Waals surface area contributed by atoms with E-state index in [4.69, 9.17) is 35.5 Å². The highest BCUT2D eigenvalue weighted by Crippen LogP contribution is 2.32. The fourth-order valence-electron chi connectivity index (χ4n) is 4.99. The molecule has 0 aliphatic carbocycles. The maximum Gasteiger partial charge on any atom is 0.254 e. The van der Waals surface area contributed by atoms with Crippen LogP contribution in [0.1, 0.15) is 10.4 Å². The normalized spacial score (nSPS) is 13.2. The van der Waals surface area contributed by atoms with Gasteiger partial charge in [0.15, 0.2) is 11.5 Å². The molecule has 236 valence electrons. The molecule has 0 spiro atoms. The van der Waals surface area contributed by atoms with E-state index < -0.39 is 5.91 Å². The maximum atomic E-state index is 13.6. The average molecular weight is 634 g/mol. The minimum absolute atomic E-state index is 0.178. The predicted molar refractivity (Wildman–Crippen MR) is 172 cm³/mol. The molecule has 3 aromatic carbocycles. The number of anilines is 1. The molecule has 11 nitrogen and oxygen atoms in total. The number of hydrogen-bond acceptors (Lipinski definition) is 8. The summed E-state index contributed by atoms with van der Waals surface area (Å²) < 4.78 is 23.4. The van der Waals surface area contributed by atoms with Crippen molar-refractivity contribution >= 4 is 29.4 Å². The van der Waals surface area contributed by atoms with Crippen LogP contribution in [0.15, 0.2) is 72.9 Å². The molecule has 0 unspecified atom stereocenters. The van der Waals surface area contributed by atoms with Crippen LogP contribution < -0.4 is 19.5 Å². The van der Waals surface area contributed by atoms with Crippen molar-refractivity contribution in [2.45, 2.75) is 0 Å². The summed E-state index contributed by atoms with van der Waals surface area (Å²) in [5.41, 5.74) is 2.60. The van der Waals surface area contributed by atoms with Crippen LogP contribution in [0.5, 0.6) is 17.2 Å². The van der Waals surface area contributed by atoms with Crippen molar-refractivity contribution in [1.29, 1.82) is 0 Å². The first-order valence-electron chi connectivity index (χ1n) is 14.5. The molecular formula is C33H36ClN5O6. The first-order chi connectivity index (χ1) is 21.9. The number of nitrogens with one attached hydrogen (secondary N) is 1. The first kappa shape index (κ1) is 31.8. The van der Waals surface area contributed by atoms with Crippen molar-refractivity contribution < 1.29 is 28.5 Å². The zero-order valence-electron chi connectivity index (χ0n) is 25.5. The lowest BCUT2D eigenvalue weighted by atomic mass is 10.1. The highest BCUT2D eigenvalue weighted by atomic mass is 35.5. The third-order valence-electron chi connectivity index (χ3n) is 7.49. The summed E-state index contributed by atoms with van der Waals surface area (Å²) in [5, 5.41) is 3.47. The molecule has 0 bridgehead atoms. The quantitative estimate of drug-likeness (QED) is 0.241. The van der Waals surface area contributed by atoms with Crippen molar-refractivity contribution in [2.24, 2.45) is 0 Å². The van der Waals surface area contributed by atoms with Gasteiger partial charge in [0.25, 0.3) is 5.91 Å². The largest absolute Gasteiger partial charge is 0.497 e. The van der Waals surface area contributed by atoms with Gasteiger partial charge in [-0.15, -0.1) is 0 Å². The van der Waals surface area contributed by atoms with Crippen LogP contribution in [-0.4, -0.2) is 98.4 Å². The monoisotopic (exact) mass is 633 g/mol. The summed E-state index contributed by atoms with van der Waals surface area (Å²) in [7, 11) is 4.74. The van der Waals surface area contributed by atoms with Gasteiger partial charge in [-0.2, -0.15) is 0 Å². The van der Waals surface area contributed by atoms with Crippen LogP contribution in [0.4, 0.5) is 5.95 Å². The minimum Gasteiger partial charge on any atom is -0.497 e. The Hall–Kier alpha value is -4.58. The van der Waals surface area contributed by atoms with Crippen molar-refractivity contribution in [3.05, 3.63) is 83.5 Å². The lowest BCUT2D eigenvalue weighted by Gasteiger charge is -2.30. The number of amides is 2. The van der Waals surface area contributed by atoms with E-state index in [1.807, 2.05) is 36.5 Å². The zero-order chi connectivity index (χ0) is 31.8. The second-order valence-corrected chi connectivity index (χ2v) is 10.8.